The molecule has 0 amide bonds. The van der Waals surface area contributed by atoms with Gasteiger partial charge in [0.15, 0.2) is 0 Å². The van der Waals surface area contributed by atoms with Crippen LogP contribution in [0, 0.1) is 28.6 Å². The first-order valence-corrected chi connectivity index (χ1v) is 6.94. The zero-order valence-corrected chi connectivity index (χ0v) is 11.4. The van der Waals surface area contributed by atoms with Gasteiger partial charge in [-0.05, 0) is 53.4 Å². The van der Waals surface area contributed by atoms with E-state index >= 15 is 0 Å². The monoisotopic (exact) mass is 236 g/mol. The lowest BCUT2D eigenvalue weighted by Crippen LogP contribution is -2.43. The van der Waals surface area contributed by atoms with E-state index in [9.17, 15) is 0 Å². The third kappa shape index (κ3) is 1.29. The Kier molecular flexibility index (Phi) is 2.32. The highest BCUT2D eigenvalue weighted by atomic mass is 17.1. The second kappa shape index (κ2) is 3.36. The molecule has 0 aromatic carbocycles. The molecule has 2 nitrogen and oxygen atoms in total. The van der Waals surface area contributed by atoms with Gasteiger partial charge in [-0.1, -0.05) is 33.8 Å². The summed E-state index contributed by atoms with van der Waals surface area (Å²) in [5, 5.41) is 9.12. The Bertz CT molecular complexity index is 371. The molecule has 0 spiro atoms. The van der Waals surface area contributed by atoms with Crippen molar-refractivity contribution >= 4 is 0 Å². The molecule has 0 unspecified atom stereocenters. The maximum Gasteiger partial charge on any atom is 0.114 e. The predicted molar refractivity (Wildman–Crippen MR) is 67.5 cm³/mol. The van der Waals surface area contributed by atoms with E-state index in [0.717, 1.165) is 18.3 Å². The minimum Gasteiger partial charge on any atom is -0.251 e. The highest BCUT2D eigenvalue weighted by Crippen LogP contribution is 2.74. The van der Waals surface area contributed by atoms with E-state index in [4.69, 9.17) is 10.1 Å². The van der Waals surface area contributed by atoms with Crippen molar-refractivity contribution < 1.29 is 10.1 Å². The van der Waals surface area contributed by atoms with Crippen molar-refractivity contribution in [3.63, 3.8) is 0 Å². The van der Waals surface area contributed by atoms with Crippen molar-refractivity contribution in [3.8, 4) is 0 Å². The molecule has 0 heterocycles. The molecule has 2 heteroatoms. The molecular weight excluding hydrogens is 212 g/mol. The lowest BCUT2D eigenvalue weighted by Gasteiger charge is -2.47. The second-order valence-corrected chi connectivity index (χ2v) is 7.16. The molecule has 0 aromatic heterocycles. The van der Waals surface area contributed by atoms with Crippen LogP contribution in [0.2, 0.25) is 0 Å². The lowest BCUT2D eigenvalue weighted by atomic mass is 9.58. The van der Waals surface area contributed by atoms with Crippen LogP contribution in [0.1, 0.15) is 47.0 Å². The average molecular weight is 236 g/mol. The fraction of sp³-hybridized carbons (Fsp3) is 0.867. The van der Waals surface area contributed by atoms with Gasteiger partial charge in [-0.2, -0.15) is 0 Å². The summed E-state index contributed by atoms with van der Waals surface area (Å²) in [5.41, 5.74) is 2.10. The maximum atomic E-state index is 9.12. The van der Waals surface area contributed by atoms with Crippen LogP contribution in [-0.4, -0.2) is 11.4 Å². The third-order valence-corrected chi connectivity index (χ3v) is 6.27. The molecule has 5 atom stereocenters. The Morgan fingerprint density at radius 3 is 2.65 bits per heavy atom. The van der Waals surface area contributed by atoms with Crippen molar-refractivity contribution in [1.29, 1.82) is 0 Å². The summed E-state index contributed by atoms with van der Waals surface area (Å²) in [6.45, 7) is 9.58. The Morgan fingerprint density at radius 1 is 1.29 bits per heavy atom. The van der Waals surface area contributed by atoms with E-state index in [2.05, 4.69) is 33.8 Å². The van der Waals surface area contributed by atoms with Crippen molar-refractivity contribution in [2.75, 3.05) is 0 Å². The largest absolute Gasteiger partial charge is 0.251 e. The topological polar surface area (TPSA) is 29.5 Å². The van der Waals surface area contributed by atoms with Gasteiger partial charge in [-0.3, -0.25) is 5.26 Å². The SMILES string of the molecule is C[C@@H]1CC[C@H](OO)C2=CC[C@@H]3[C@@H](C3(C)C)[C@]21C. The molecule has 3 aliphatic carbocycles. The molecular formula is C15H24O2. The maximum absolute atomic E-state index is 9.12. The van der Waals surface area contributed by atoms with E-state index in [1.165, 1.54) is 18.4 Å². The number of hydrogen-bond donors (Lipinski definition) is 1. The number of rotatable bonds is 1. The van der Waals surface area contributed by atoms with E-state index in [1.807, 2.05) is 0 Å². The van der Waals surface area contributed by atoms with Crippen LogP contribution in [0.15, 0.2) is 11.6 Å². The predicted octanol–water partition coefficient (Wildman–Crippen LogP) is 3.88. The molecule has 2 saturated carbocycles. The zero-order valence-electron chi connectivity index (χ0n) is 11.4. The van der Waals surface area contributed by atoms with Crippen LogP contribution in [0.3, 0.4) is 0 Å². The molecule has 3 aliphatic rings. The van der Waals surface area contributed by atoms with Crippen molar-refractivity contribution in [2.24, 2.45) is 28.6 Å². The van der Waals surface area contributed by atoms with Gasteiger partial charge in [0.1, 0.15) is 6.10 Å². The first-order chi connectivity index (χ1) is 7.94. The van der Waals surface area contributed by atoms with E-state index in [1.54, 1.807) is 0 Å². The molecule has 3 rings (SSSR count). The van der Waals surface area contributed by atoms with Crippen molar-refractivity contribution in [3.05, 3.63) is 11.6 Å². The van der Waals surface area contributed by atoms with Gasteiger partial charge >= 0.3 is 0 Å². The summed E-state index contributed by atoms with van der Waals surface area (Å²) >= 11 is 0. The zero-order chi connectivity index (χ0) is 12.4. The highest BCUT2D eigenvalue weighted by molar-refractivity contribution is 5.34. The summed E-state index contributed by atoms with van der Waals surface area (Å²) in [7, 11) is 0. The summed E-state index contributed by atoms with van der Waals surface area (Å²) in [6, 6.07) is 0. The van der Waals surface area contributed by atoms with E-state index in [-0.39, 0.29) is 11.5 Å². The van der Waals surface area contributed by atoms with Crippen LogP contribution in [0.25, 0.3) is 0 Å². The van der Waals surface area contributed by atoms with Crippen molar-refractivity contribution in [1.82, 2.24) is 0 Å². The molecule has 0 radical (unpaired) electrons. The van der Waals surface area contributed by atoms with Crippen LogP contribution in [-0.2, 0) is 4.89 Å². The van der Waals surface area contributed by atoms with Crippen LogP contribution in [0.4, 0.5) is 0 Å². The highest BCUT2D eigenvalue weighted by Gasteiger charge is 2.68. The van der Waals surface area contributed by atoms with E-state index in [0.29, 0.717) is 11.3 Å². The van der Waals surface area contributed by atoms with Crippen LogP contribution >= 0.6 is 0 Å². The number of hydrogen-bond acceptors (Lipinski definition) is 2. The van der Waals surface area contributed by atoms with Gasteiger partial charge in [-0.15, -0.1) is 0 Å². The Labute approximate surface area is 104 Å². The lowest BCUT2D eigenvalue weighted by molar-refractivity contribution is -0.278. The molecule has 17 heavy (non-hydrogen) atoms. The second-order valence-electron chi connectivity index (χ2n) is 7.16. The van der Waals surface area contributed by atoms with Crippen LogP contribution in [0.5, 0.6) is 0 Å². The molecule has 0 aromatic rings. The Morgan fingerprint density at radius 2 is 2.00 bits per heavy atom. The first-order valence-electron chi connectivity index (χ1n) is 6.94. The van der Waals surface area contributed by atoms with E-state index < -0.39 is 0 Å². The van der Waals surface area contributed by atoms with Gasteiger partial charge in [0.2, 0.25) is 0 Å². The van der Waals surface area contributed by atoms with Gasteiger partial charge < -0.3 is 0 Å². The quantitative estimate of drug-likeness (QED) is 0.425. The van der Waals surface area contributed by atoms with Gasteiger partial charge in [-0.25, -0.2) is 4.89 Å². The van der Waals surface area contributed by atoms with Gasteiger partial charge in [0.05, 0.1) is 0 Å². The molecule has 0 bridgehead atoms. The van der Waals surface area contributed by atoms with Crippen LogP contribution < -0.4 is 0 Å². The molecule has 2 fully saturated rings. The summed E-state index contributed by atoms with van der Waals surface area (Å²) in [6.07, 6.45) is 5.63. The minimum absolute atomic E-state index is 0.0476. The summed E-state index contributed by atoms with van der Waals surface area (Å²) in [4.78, 5) is 4.74. The minimum atomic E-state index is -0.0476. The number of fused-ring (bicyclic) bond motifs is 3. The fourth-order valence-corrected chi connectivity index (χ4v) is 5.06. The molecule has 0 saturated heterocycles. The Balaban J connectivity index is 2.02. The normalized spacial score (nSPS) is 51.2. The van der Waals surface area contributed by atoms with Gasteiger partial charge in [0.25, 0.3) is 0 Å². The molecule has 1 N–H and O–H groups in total. The standard InChI is InChI=1S/C15H24O2/c1-9-5-8-12(17-16)10-6-7-11-13(14(11,2)3)15(9,10)4/h6,9,11-13,16H,5,7-8H2,1-4H3/t9-,11-,12+,13+,15+/m1/s1. The molecule has 96 valence electrons. The third-order valence-electron chi connectivity index (χ3n) is 6.27. The average Bonchev–Trinajstić information content (AvgIpc) is 2.85. The Hall–Kier alpha value is -0.340. The summed E-state index contributed by atoms with van der Waals surface area (Å²) < 4.78 is 0. The van der Waals surface area contributed by atoms with Gasteiger partial charge in [0, 0.05) is 0 Å². The smallest absolute Gasteiger partial charge is 0.114 e. The van der Waals surface area contributed by atoms with Crippen molar-refractivity contribution in [2.45, 2.75) is 53.1 Å². The first kappa shape index (κ1) is 11.7. The fourth-order valence-electron chi connectivity index (χ4n) is 5.06. The summed E-state index contributed by atoms with van der Waals surface area (Å²) in [5.74, 6) is 2.33. The molecule has 0 aliphatic heterocycles. The number of allylic oxidation sites excluding steroid dienone is 1.